The SMILES string of the molecule is CC(C)(C)OC(=O)N1CC(Nc2ncc3c(c2F)[C@](c2cccc(Cl)c2F)(C(F)(F)F)CNC3=O)C1. The largest absolute Gasteiger partial charge is 0.444 e. The van der Waals surface area contributed by atoms with Gasteiger partial charge in [-0.2, -0.15) is 13.2 Å². The number of carbonyl (C=O) groups is 2. The van der Waals surface area contributed by atoms with Gasteiger partial charge >= 0.3 is 12.3 Å². The maximum atomic E-state index is 15.8. The van der Waals surface area contributed by atoms with Crippen LogP contribution in [-0.4, -0.2) is 59.3 Å². The van der Waals surface area contributed by atoms with Gasteiger partial charge in [-0.05, 0) is 26.8 Å². The molecule has 0 radical (unpaired) electrons. The van der Waals surface area contributed by atoms with E-state index in [1.54, 1.807) is 20.8 Å². The monoisotopic (exact) mass is 532 g/mol. The molecule has 2 aliphatic rings. The van der Waals surface area contributed by atoms with E-state index in [2.05, 4.69) is 15.6 Å². The number of ether oxygens (including phenoxy) is 1. The summed E-state index contributed by atoms with van der Waals surface area (Å²) in [5.41, 5.74) is -6.65. The molecule has 2 aliphatic heterocycles. The predicted molar refractivity (Wildman–Crippen MR) is 120 cm³/mol. The smallest absolute Gasteiger partial charge is 0.410 e. The summed E-state index contributed by atoms with van der Waals surface area (Å²) in [7, 11) is 0. The number of hydrogen-bond acceptors (Lipinski definition) is 5. The van der Waals surface area contributed by atoms with Crippen LogP contribution in [0.15, 0.2) is 24.4 Å². The third-order valence-corrected chi connectivity index (χ3v) is 6.27. The third-order valence-electron chi connectivity index (χ3n) is 5.97. The molecule has 194 valence electrons. The maximum Gasteiger partial charge on any atom is 0.410 e. The molecule has 36 heavy (non-hydrogen) atoms. The Balaban J connectivity index is 1.73. The lowest BCUT2D eigenvalue weighted by Gasteiger charge is -2.42. The summed E-state index contributed by atoms with van der Waals surface area (Å²) in [5, 5.41) is 4.16. The minimum absolute atomic E-state index is 0.0843. The summed E-state index contributed by atoms with van der Waals surface area (Å²) in [6.45, 7) is 4.10. The number of fused-ring (bicyclic) bond motifs is 1. The number of nitrogens with one attached hydrogen (secondary N) is 2. The first-order valence-electron chi connectivity index (χ1n) is 10.9. The van der Waals surface area contributed by atoms with E-state index in [0.29, 0.717) is 0 Å². The number of anilines is 1. The van der Waals surface area contributed by atoms with Gasteiger partial charge in [-0.1, -0.05) is 23.7 Å². The van der Waals surface area contributed by atoms with Crippen molar-refractivity contribution in [3.05, 3.63) is 57.7 Å². The minimum atomic E-state index is -5.23. The molecule has 4 rings (SSSR count). The minimum Gasteiger partial charge on any atom is -0.444 e. The van der Waals surface area contributed by atoms with Crippen LogP contribution in [0, 0.1) is 11.6 Å². The average Bonchev–Trinajstić information content (AvgIpc) is 2.72. The molecule has 0 bridgehead atoms. The Morgan fingerprint density at radius 2 is 1.89 bits per heavy atom. The number of alkyl halides is 3. The van der Waals surface area contributed by atoms with E-state index in [1.807, 2.05) is 0 Å². The highest BCUT2D eigenvalue weighted by molar-refractivity contribution is 6.30. The third kappa shape index (κ3) is 4.31. The van der Waals surface area contributed by atoms with Crippen molar-refractivity contribution in [2.75, 3.05) is 25.0 Å². The van der Waals surface area contributed by atoms with Crippen LogP contribution in [-0.2, 0) is 10.2 Å². The zero-order valence-electron chi connectivity index (χ0n) is 19.4. The first-order chi connectivity index (χ1) is 16.7. The van der Waals surface area contributed by atoms with Gasteiger partial charge < -0.3 is 20.3 Å². The number of carbonyl (C=O) groups excluding carboxylic acids is 2. The highest BCUT2D eigenvalue weighted by Gasteiger charge is 2.62. The zero-order chi connectivity index (χ0) is 26.6. The van der Waals surface area contributed by atoms with E-state index in [9.17, 15) is 27.2 Å². The molecule has 1 saturated heterocycles. The van der Waals surface area contributed by atoms with Crippen LogP contribution < -0.4 is 10.6 Å². The van der Waals surface area contributed by atoms with Gasteiger partial charge in [0.05, 0.1) is 16.6 Å². The molecule has 0 unspecified atom stereocenters. The Bertz CT molecular complexity index is 1230. The van der Waals surface area contributed by atoms with Gasteiger partial charge in [0.2, 0.25) is 0 Å². The van der Waals surface area contributed by atoms with Crippen LogP contribution in [0.4, 0.5) is 32.6 Å². The van der Waals surface area contributed by atoms with Gasteiger partial charge in [0.15, 0.2) is 11.6 Å². The summed E-state index contributed by atoms with van der Waals surface area (Å²) >= 11 is 5.76. The standard InChI is InChI=1S/C23H22ClF5N4O3/c1-21(2,3)36-20(35)33-8-11(9-33)32-18-17(26)15-12(7-30-18)19(34)31-10-22(15,23(27,28)29)13-5-4-6-14(24)16(13)25/h4-7,11H,8-10H2,1-3H3,(H,30,32)(H,31,34)/t22-/m0/s1. The van der Waals surface area contributed by atoms with Crippen LogP contribution in [0.2, 0.25) is 5.02 Å². The summed E-state index contributed by atoms with van der Waals surface area (Å²) in [6.07, 6.45) is -5.02. The number of amides is 2. The van der Waals surface area contributed by atoms with Gasteiger partial charge in [0.25, 0.3) is 5.91 Å². The summed E-state index contributed by atoms with van der Waals surface area (Å²) in [6, 6.07) is 2.49. The Morgan fingerprint density at radius 3 is 2.50 bits per heavy atom. The van der Waals surface area contributed by atoms with Crippen LogP contribution >= 0.6 is 11.6 Å². The highest BCUT2D eigenvalue weighted by Crippen LogP contribution is 2.51. The molecular formula is C23H22ClF5N4O3. The molecule has 3 heterocycles. The molecule has 0 spiro atoms. The van der Waals surface area contributed by atoms with Crippen molar-refractivity contribution in [1.29, 1.82) is 0 Å². The van der Waals surface area contributed by atoms with Crippen LogP contribution in [0.3, 0.4) is 0 Å². The van der Waals surface area contributed by atoms with Crippen LogP contribution in [0.25, 0.3) is 0 Å². The quantitative estimate of drug-likeness (QED) is 0.563. The molecular weight excluding hydrogens is 511 g/mol. The summed E-state index contributed by atoms with van der Waals surface area (Å²) in [4.78, 5) is 29.6. The summed E-state index contributed by atoms with van der Waals surface area (Å²) < 4.78 is 80.1. The van der Waals surface area contributed by atoms with Gasteiger partial charge in [-0.25, -0.2) is 18.6 Å². The second-order valence-corrected chi connectivity index (χ2v) is 10.0. The Labute approximate surface area is 208 Å². The summed E-state index contributed by atoms with van der Waals surface area (Å²) in [5.74, 6) is -4.37. The fraction of sp³-hybridized carbons (Fsp3) is 0.435. The Hall–Kier alpha value is -3.15. The molecule has 2 aromatic rings. The van der Waals surface area contributed by atoms with Crippen molar-refractivity contribution in [3.8, 4) is 0 Å². The van der Waals surface area contributed by atoms with Crippen molar-refractivity contribution in [2.45, 2.75) is 44.0 Å². The molecule has 1 aromatic carbocycles. The first-order valence-corrected chi connectivity index (χ1v) is 11.3. The predicted octanol–water partition coefficient (Wildman–Crippen LogP) is 4.64. The fourth-order valence-corrected chi connectivity index (χ4v) is 4.44. The zero-order valence-corrected chi connectivity index (χ0v) is 20.2. The van der Waals surface area contributed by atoms with E-state index in [1.165, 1.54) is 4.90 Å². The Morgan fingerprint density at radius 1 is 1.22 bits per heavy atom. The van der Waals surface area contributed by atoms with Crippen molar-refractivity contribution >= 4 is 29.4 Å². The van der Waals surface area contributed by atoms with Crippen LogP contribution in [0.1, 0.15) is 42.3 Å². The Kier molecular flexibility index (Phi) is 6.30. The molecule has 7 nitrogen and oxygen atoms in total. The normalized spacial score (nSPS) is 20.4. The van der Waals surface area contributed by atoms with E-state index in [0.717, 1.165) is 24.4 Å². The number of nitrogens with zero attached hydrogens (tertiary/aromatic N) is 2. The lowest BCUT2D eigenvalue weighted by molar-refractivity contribution is -0.178. The van der Waals surface area contributed by atoms with Crippen molar-refractivity contribution < 1.29 is 36.3 Å². The van der Waals surface area contributed by atoms with E-state index in [-0.39, 0.29) is 13.1 Å². The van der Waals surface area contributed by atoms with Crippen molar-refractivity contribution in [1.82, 2.24) is 15.2 Å². The molecule has 13 heteroatoms. The van der Waals surface area contributed by atoms with Gasteiger partial charge in [-0.3, -0.25) is 4.79 Å². The highest BCUT2D eigenvalue weighted by atomic mass is 35.5. The number of likely N-dealkylation sites (tertiary alicyclic amines) is 1. The average molecular weight is 533 g/mol. The number of benzene rings is 1. The molecule has 2 amide bonds. The van der Waals surface area contributed by atoms with Crippen LogP contribution in [0.5, 0.6) is 0 Å². The fourth-order valence-electron chi connectivity index (χ4n) is 4.27. The van der Waals surface area contributed by atoms with Crippen molar-refractivity contribution in [3.63, 3.8) is 0 Å². The van der Waals surface area contributed by atoms with Gasteiger partial charge in [0.1, 0.15) is 16.8 Å². The number of pyridine rings is 1. The molecule has 1 aromatic heterocycles. The lowest BCUT2D eigenvalue weighted by atomic mass is 9.69. The maximum absolute atomic E-state index is 15.8. The van der Waals surface area contributed by atoms with E-state index >= 15 is 4.39 Å². The number of halogens is 6. The number of rotatable bonds is 3. The molecule has 1 fully saturated rings. The topological polar surface area (TPSA) is 83.6 Å². The van der Waals surface area contributed by atoms with Gasteiger partial charge in [0, 0.05) is 37.0 Å². The first kappa shape index (κ1) is 25.9. The molecule has 1 atom stereocenters. The number of hydrogen-bond donors (Lipinski definition) is 2. The van der Waals surface area contributed by atoms with E-state index < -0.39 is 80.9 Å². The second-order valence-electron chi connectivity index (χ2n) is 9.62. The molecule has 0 aliphatic carbocycles. The second kappa shape index (κ2) is 8.75. The lowest BCUT2D eigenvalue weighted by Crippen LogP contribution is -2.58. The van der Waals surface area contributed by atoms with Crippen molar-refractivity contribution in [2.24, 2.45) is 0 Å². The molecule has 2 N–H and O–H groups in total. The van der Waals surface area contributed by atoms with Gasteiger partial charge in [-0.15, -0.1) is 0 Å². The molecule has 0 saturated carbocycles. The number of aromatic nitrogens is 1. The van der Waals surface area contributed by atoms with E-state index in [4.69, 9.17) is 16.3 Å².